The lowest BCUT2D eigenvalue weighted by Gasteiger charge is -2.11. The Bertz CT molecular complexity index is 1070. The SMILES string of the molecule is COOc1ccc(/C=C/c2cc(OC)cc(OC)c2/C=C/C(=O)c2ccccc2)cc1. The Hall–Kier alpha value is -3.83. The van der Waals surface area contributed by atoms with E-state index >= 15 is 0 Å². The molecule has 0 amide bonds. The van der Waals surface area contributed by atoms with E-state index < -0.39 is 0 Å². The van der Waals surface area contributed by atoms with Gasteiger partial charge in [0.1, 0.15) is 11.5 Å². The number of ketones is 1. The molecular formula is C26H24O5. The Morgan fingerprint density at radius 1 is 0.774 bits per heavy atom. The zero-order valence-corrected chi connectivity index (χ0v) is 17.7. The Morgan fingerprint density at radius 3 is 2.16 bits per heavy atom. The highest BCUT2D eigenvalue weighted by Gasteiger charge is 2.10. The van der Waals surface area contributed by atoms with Crippen molar-refractivity contribution < 1.29 is 24.0 Å². The molecule has 0 N–H and O–H groups in total. The topological polar surface area (TPSA) is 54.0 Å². The second-order valence-electron chi connectivity index (χ2n) is 6.55. The highest BCUT2D eigenvalue weighted by molar-refractivity contribution is 6.07. The molecule has 0 bridgehead atoms. The van der Waals surface area contributed by atoms with Crippen LogP contribution in [-0.4, -0.2) is 27.1 Å². The first-order valence-electron chi connectivity index (χ1n) is 9.67. The van der Waals surface area contributed by atoms with Crippen LogP contribution in [0.4, 0.5) is 0 Å². The number of hydrogen-bond donors (Lipinski definition) is 0. The third-order valence-electron chi connectivity index (χ3n) is 4.58. The molecule has 5 nitrogen and oxygen atoms in total. The average molecular weight is 416 g/mol. The van der Waals surface area contributed by atoms with Crippen LogP contribution in [0.15, 0.2) is 72.8 Å². The van der Waals surface area contributed by atoms with Crippen LogP contribution >= 0.6 is 0 Å². The van der Waals surface area contributed by atoms with Crippen LogP contribution in [0.25, 0.3) is 18.2 Å². The van der Waals surface area contributed by atoms with Crippen LogP contribution in [0.5, 0.6) is 17.2 Å². The molecule has 3 aromatic rings. The molecule has 158 valence electrons. The van der Waals surface area contributed by atoms with Gasteiger partial charge >= 0.3 is 0 Å². The van der Waals surface area contributed by atoms with Crippen LogP contribution in [-0.2, 0) is 4.89 Å². The highest BCUT2D eigenvalue weighted by atomic mass is 17.2. The lowest BCUT2D eigenvalue weighted by Crippen LogP contribution is -1.96. The lowest BCUT2D eigenvalue weighted by atomic mass is 10.0. The molecule has 0 fully saturated rings. The number of ether oxygens (including phenoxy) is 2. The molecule has 0 saturated heterocycles. The molecule has 0 aliphatic rings. The summed E-state index contributed by atoms with van der Waals surface area (Å²) in [5.41, 5.74) is 3.23. The predicted octanol–water partition coefficient (Wildman–Crippen LogP) is 5.71. The van der Waals surface area contributed by atoms with Gasteiger partial charge < -0.3 is 14.4 Å². The minimum absolute atomic E-state index is 0.0814. The zero-order valence-electron chi connectivity index (χ0n) is 17.7. The number of rotatable bonds is 9. The van der Waals surface area contributed by atoms with Crippen LogP contribution < -0.4 is 14.4 Å². The standard InChI is InChI=1S/C26H24O5/c1-28-23-17-21(12-9-19-10-13-22(14-11-19)31-30-3)24(26(18-23)29-2)15-16-25(27)20-7-5-4-6-8-20/h4-18H,1-3H3/b12-9+,16-15+. The molecule has 3 rings (SSSR count). The van der Waals surface area contributed by atoms with E-state index in [0.29, 0.717) is 22.8 Å². The van der Waals surface area contributed by atoms with E-state index in [0.717, 1.165) is 16.7 Å². The average Bonchev–Trinajstić information content (AvgIpc) is 2.82. The van der Waals surface area contributed by atoms with Crippen LogP contribution in [0.2, 0.25) is 0 Å². The first-order chi connectivity index (χ1) is 15.1. The lowest BCUT2D eigenvalue weighted by molar-refractivity contribution is -0.178. The van der Waals surface area contributed by atoms with Crippen molar-refractivity contribution in [3.05, 3.63) is 95.1 Å². The normalized spacial score (nSPS) is 11.1. The third-order valence-corrected chi connectivity index (χ3v) is 4.58. The molecule has 0 aliphatic heterocycles. The number of carbonyl (C=O) groups is 1. The first kappa shape index (κ1) is 21.9. The summed E-state index contributed by atoms with van der Waals surface area (Å²) in [6.45, 7) is 0. The fourth-order valence-corrected chi connectivity index (χ4v) is 3.00. The Balaban J connectivity index is 1.94. The van der Waals surface area contributed by atoms with Gasteiger partial charge in [0.2, 0.25) is 0 Å². The molecule has 0 unspecified atom stereocenters. The Kier molecular flexibility index (Phi) is 7.62. The number of carbonyl (C=O) groups excluding carboxylic acids is 1. The second kappa shape index (κ2) is 10.8. The zero-order chi connectivity index (χ0) is 22.1. The van der Waals surface area contributed by atoms with Crippen molar-refractivity contribution in [1.29, 1.82) is 0 Å². The van der Waals surface area contributed by atoms with E-state index in [9.17, 15) is 4.79 Å². The maximum absolute atomic E-state index is 12.5. The van der Waals surface area contributed by atoms with Crippen molar-refractivity contribution in [2.75, 3.05) is 21.3 Å². The van der Waals surface area contributed by atoms with Gasteiger partial charge in [-0.3, -0.25) is 4.79 Å². The number of allylic oxidation sites excluding steroid dienone is 1. The number of benzene rings is 3. The summed E-state index contributed by atoms with van der Waals surface area (Å²) in [6.07, 6.45) is 7.22. The summed E-state index contributed by atoms with van der Waals surface area (Å²) >= 11 is 0. The number of methoxy groups -OCH3 is 2. The van der Waals surface area contributed by atoms with Crippen molar-refractivity contribution in [2.45, 2.75) is 0 Å². The molecule has 3 aromatic carbocycles. The first-order valence-corrected chi connectivity index (χ1v) is 9.67. The summed E-state index contributed by atoms with van der Waals surface area (Å²) < 4.78 is 11.0. The Morgan fingerprint density at radius 2 is 1.52 bits per heavy atom. The van der Waals surface area contributed by atoms with Crippen LogP contribution in [0.1, 0.15) is 27.0 Å². The summed E-state index contributed by atoms with van der Waals surface area (Å²) in [5, 5.41) is 0. The van der Waals surface area contributed by atoms with E-state index in [-0.39, 0.29) is 5.78 Å². The maximum Gasteiger partial charge on any atom is 0.185 e. The van der Waals surface area contributed by atoms with E-state index in [1.54, 1.807) is 44.6 Å². The highest BCUT2D eigenvalue weighted by Crippen LogP contribution is 2.31. The van der Waals surface area contributed by atoms with Gasteiger partial charge in [-0.05, 0) is 41.5 Å². The van der Waals surface area contributed by atoms with E-state index in [4.69, 9.17) is 14.4 Å². The van der Waals surface area contributed by atoms with Gasteiger partial charge in [0.15, 0.2) is 11.5 Å². The van der Waals surface area contributed by atoms with Crippen LogP contribution in [0.3, 0.4) is 0 Å². The fraction of sp³-hybridized carbons (Fsp3) is 0.115. The molecule has 5 heteroatoms. The largest absolute Gasteiger partial charge is 0.497 e. The molecule has 0 aliphatic carbocycles. The van der Waals surface area contributed by atoms with Crippen molar-refractivity contribution in [3.8, 4) is 17.2 Å². The van der Waals surface area contributed by atoms with Gasteiger partial charge in [0.05, 0.1) is 21.3 Å². The minimum atomic E-state index is -0.0814. The summed E-state index contributed by atoms with van der Waals surface area (Å²) in [7, 11) is 4.65. The monoisotopic (exact) mass is 416 g/mol. The third kappa shape index (κ3) is 5.84. The van der Waals surface area contributed by atoms with Crippen molar-refractivity contribution in [2.24, 2.45) is 0 Å². The molecule has 0 radical (unpaired) electrons. The summed E-state index contributed by atoms with van der Waals surface area (Å²) in [6, 6.07) is 20.3. The van der Waals surface area contributed by atoms with Gasteiger partial charge in [-0.25, -0.2) is 0 Å². The molecular weight excluding hydrogens is 392 g/mol. The van der Waals surface area contributed by atoms with Crippen molar-refractivity contribution in [3.63, 3.8) is 0 Å². The molecule has 0 heterocycles. The van der Waals surface area contributed by atoms with E-state index in [2.05, 4.69) is 4.89 Å². The molecule has 31 heavy (non-hydrogen) atoms. The summed E-state index contributed by atoms with van der Waals surface area (Å²) in [4.78, 5) is 22.2. The van der Waals surface area contributed by atoms with Gasteiger partial charge in [0.25, 0.3) is 0 Å². The van der Waals surface area contributed by atoms with Crippen LogP contribution in [0, 0.1) is 0 Å². The molecule has 0 spiro atoms. The van der Waals surface area contributed by atoms with Gasteiger partial charge in [-0.15, -0.1) is 0 Å². The number of hydrogen-bond acceptors (Lipinski definition) is 5. The fourth-order valence-electron chi connectivity index (χ4n) is 3.00. The van der Waals surface area contributed by atoms with E-state index in [1.807, 2.05) is 60.7 Å². The molecule has 0 saturated carbocycles. The van der Waals surface area contributed by atoms with Gasteiger partial charge in [0, 0.05) is 17.2 Å². The molecule has 0 aromatic heterocycles. The molecule has 0 atom stereocenters. The predicted molar refractivity (Wildman–Crippen MR) is 122 cm³/mol. The smallest absolute Gasteiger partial charge is 0.185 e. The summed E-state index contributed by atoms with van der Waals surface area (Å²) in [5.74, 6) is 1.81. The minimum Gasteiger partial charge on any atom is -0.497 e. The quantitative estimate of drug-likeness (QED) is 0.147. The second-order valence-corrected chi connectivity index (χ2v) is 6.55. The maximum atomic E-state index is 12.5. The van der Waals surface area contributed by atoms with Gasteiger partial charge in [-0.2, -0.15) is 4.89 Å². The Labute approximate surface area is 182 Å². The van der Waals surface area contributed by atoms with Gasteiger partial charge in [-0.1, -0.05) is 54.6 Å². The van der Waals surface area contributed by atoms with Crippen molar-refractivity contribution >= 4 is 24.0 Å². The van der Waals surface area contributed by atoms with Crippen molar-refractivity contribution in [1.82, 2.24) is 0 Å². The van der Waals surface area contributed by atoms with E-state index in [1.165, 1.54) is 7.11 Å².